The van der Waals surface area contributed by atoms with Crippen LogP contribution in [0, 0.1) is 0 Å². The van der Waals surface area contributed by atoms with Gasteiger partial charge < -0.3 is 15.1 Å². The van der Waals surface area contributed by atoms with Crippen molar-refractivity contribution in [1.29, 1.82) is 0 Å². The van der Waals surface area contributed by atoms with Gasteiger partial charge in [-0.15, -0.1) is 0 Å². The number of hydrogen-bond acceptors (Lipinski definition) is 3. The summed E-state index contributed by atoms with van der Waals surface area (Å²) in [4.78, 5) is 13.9. The molecule has 0 aromatic heterocycles. The van der Waals surface area contributed by atoms with Crippen LogP contribution in [-0.2, 0) is 10.2 Å². The molecule has 1 heterocycles. The predicted molar refractivity (Wildman–Crippen MR) is 73.1 cm³/mol. The Kier molecular flexibility index (Phi) is 4.22. The van der Waals surface area contributed by atoms with Crippen LogP contribution in [-0.4, -0.2) is 46.8 Å². The monoisotopic (exact) mass is 263 g/mol. The molecule has 0 bridgehead atoms. The first-order chi connectivity index (χ1) is 9.04. The number of aliphatic hydroxyl groups is 1. The summed E-state index contributed by atoms with van der Waals surface area (Å²) < 4.78 is 0. The molecule has 2 rings (SSSR count). The number of piperidine rings is 1. The minimum absolute atomic E-state index is 0.367. The van der Waals surface area contributed by atoms with Gasteiger partial charge in [0.1, 0.15) is 0 Å². The van der Waals surface area contributed by atoms with Crippen molar-refractivity contribution in [1.82, 2.24) is 4.90 Å². The highest BCUT2D eigenvalue weighted by molar-refractivity contribution is 5.81. The van der Waals surface area contributed by atoms with Crippen LogP contribution in [0.2, 0.25) is 0 Å². The van der Waals surface area contributed by atoms with Crippen molar-refractivity contribution in [3.05, 3.63) is 35.9 Å². The number of aliphatic carboxylic acids is 1. The molecule has 1 saturated heterocycles. The number of carboxylic acids is 1. The van der Waals surface area contributed by atoms with Crippen LogP contribution in [0.1, 0.15) is 25.3 Å². The summed E-state index contributed by atoms with van der Waals surface area (Å²) in [7, 11) is 0. The van der Waals surface area contributed by atoms with Crippen molar-refractivity contribution in [2.24, 2.45) is 0 Å². The van der Waals surface area contributed by atoms with Crippen LogP contribution in [0.3, 0.4) is 0 Å². The van der Waals surface area contributed by atoms with Gasteiger partial charge in [0, 0.05) is 6.54 Å². The lowest BCUT2D eigenvalue weighted by Gasteiger charge is -2.39. The number of carbonyl (C=O) groups is 1. The standard InChI is InChI=1S/C15H21NO3/c1-12(17)11-16-9-7-15(8-10-16,14(18)19)13-5-3-2-4-6-13/h2-6,12,17H,7-11H2,1H3,(H,18,19). The van der Waals surface area contributed by atoms with E-state index in [0.717, 1.165) is 5.56 Å². The number of likely N-dealkylation sites (tertiary alicyclic amines) is 1. The molecule has 0 spiro atoms. The second kappa shape index (κ2) is 5.72. The lowest BCUT2D eigenvalue weighted by atomic mass is 9.73. The summed E-state index contributed by atoms with van der Waals surface area (Å²) in [5.41, 5.74) is 0.121. The van der Waals surface area contributed by atoms with Crippen LogP contribution < -0.4 is 0 Å². The third-order valence-electron chi connectivity index (χ3n) is 3.97. The van der Waals surface area contributed by atoms with Crippen molar-refractivity contribution < 1.29 is 15.0 Å². The van der Waals surface area contributed by atoms with Crippen LogP contribution in [0.5, 0.6) is 0 Å². The number of hydrogen-bond donors (Lipinski definition) is 2. The highest BCUT2D eigenvalue weighted by Gasteiger charge is 2.42. The molecule has 0 aliphatic carbocycles. The van der Waals surface area contributed by atoms with Gasteiger partial charge in [-0.25, -0.2) is 0 Å². The smallest absolute Gasteiger partial charge is 0.314 e. The minimum Gasteiger partial charge on any atom is -0.481 e. The normalized spacial score (nSPS) is 20.9. The number of β-amino-alcohol motifs (C(OH)–C–C–N with tert-alkyl or cyclic N) is 1. The van der Waals surface area contributed by atoms with E-state index < -0.39 is 11.4 Å². The van der Waals surface area contributed by atoms with E-state index in [-0.39, 0.29) is 6.10 Å². The molecular formula is C15H21NO3. The Morgan fingerprint density at radius 2 is 1.89 bits per heavy atom. The van der Waals surface area contributed by atoms with Crippen molar-refractivity contribution in [3.63, 3.8) is 0 Å². The van der Waals surface area contributed by atoms with E-state index in [9.17, 15) is 15.0 Å². The van der Waals surface area contributed by atoms with E-state index in [1.165, 1.54) is 0 Å². The Balaban J connectivity index is 2.15. The summed E-state index contributed by atoms with van der Waals surface area (Å²) in [5, 5.41) is 19.0. The Labute approximate surface area is 113 Å². The van der Waals surface area contributed by atoms with Gasteiger partial charge in [-0.2, -0.15) is 0 Å². The molecule has 19 heavy (non-hydrogen) atoms. The lowest BCUT2D eigenvalue weighted by molar-refractivity contribution is -0.146. The van der Waals surface area contributed by atoms with Gasteiger partial charge in [-0.05, 0) is 38.4 Å². The summed E-state index contributed by atoms with van der Waals surface area (Å²) in [5.74, 6) is -0.740. The number of benzene rings is 1. The number of carboxylic acid groups (broad SMARTS) is 1. The highest BCUT2D eigenvalue weighted by Crippen LogP contribution is 2.35. The highest BCUT2D eigenvalue weighted by atomic mass is 16.4. The molecular weight excluding hydrogens is 242 g/mol. The summed E-state index contributed by atoms with van der Waals surface area (Å²) in [6, 6.07) is 9.49. The average Bonchev–Trinajstić information content (AvgIpc) is 2.40. The van der Waals surface area contributed by atoms with Gasteiger partial charge in [0.25, 0.3) is 0 Å². The third kappa shape index (κ3) is 2.96. The number of aliphatic hydroxyl groups excluding tert-OH is 1. The lowest BCUT2D eigenvalue weighted by Crippen LogP contribution is -2.48. The second-order valence-electron chi connectivity index (χ2n) is 5.40. The van der Waals surface area contributed by atoms with Gasteiger partial charge >= 0.3 is 5.97 Å². The summed E-state index contributed by atoms with van der Waals surface area (Å²) in [6.45, 7) is 3.80. The summed E-state index contributed by atoms with van der Waals surface area (Å²) in [6.07, 6.45) is 0.826. The molecule has 0 radical (unpaired) electrons. The van der Waals surface area contributed by atoms with E-state index in [4.69, 9.17) is 0 Å². The molecule has 2 N–H and O–H groups in total. The zero-order valence-corrected chi connectivity index (χ0v) is 11.2. The average molecular weight is 263 g/mol. The zero-order chi connectivity index (χ0) is 13.9. The molecule has 1 unspecified atom stereocenters. The summed E-state index contributed by atoms with van der Waals surface area (Å²) >= 11 is 0. The molecule has 1 fully saturated rings. The first-order valence-electron chi connectivity index (χ1n) is 6.74. The molecule has 0 saturated carbocycles. The topological polar surface area (TPSA) is 60.8 Å². The maximum absolute atomic E-state index is 11.7. The van der Waals surface area contributed by atoms with Crippen molar-refractivity contribution in [2.75, 3.05) is 19.6 Å². The van der Waals surface area contributed by atoms with Crippen molar-refractivity contribution >= 4 is 5.97 Å². The SMILES string of the molecule is CC(O)CN1CCC(C(=O)O)(c2ccccc2)CC1. The van der Waals surface area contributed by atoms with Crippen molar-refractivity contribution in [3.8, 4) is 0 Å². The molecule has 1 aliphatic rings. The zero-order valence-electron chi connectivity index (χ0n) is 11.2. The molecule has 104 valence electrons. The first-order valence-corrected chi connectivity index (χ1v) is 6.74. The van der Waals surface area contributed by atoms with Crippen LogP contribution in [0.25, 0.3) is 0 Å². The van der Waals surface area contributed by atoms with Gasteiger partial charge in [-0.3, -0.25) is 4.79 Å². The fraction of sp³-hybridized carbons (Fsp3) is 0.533. The van der Waals surface area contributed by atoms with Gasteiger partial charge in [-0.1, -0.05) is 30.3 Å². The van der Waals surface area contributed by atoms with Gasteiger partial charge in [0.05, 0.1) is 11.5 Å². The Morgan fingerprint density at radius 3 is 2.37 bits per heavy atom. The quantitative estimate of drug-likeness (QED) is 0.864. The molecule has 4 nitrogen and oxygen atoms in total. The van der Waals surface area contributed by atoms with E-state index in [0.29, 0.717) is 32.5 Å². The number of nitrogens with zero attached hydrogens (tertiary/aromatic N) is 1. The van der Waals surface area contributed by atoms with Gasteiger partial charge in [0.2, 0.25) is 0 Å². The Bertz CT molecular complexity index is 422. The molecule has 0 amide bonds. The second-order valence-corrected chi connectivity index (χ2v) is 5.40. The van der Waals surface area contributed by atoms with Crippen LogP contribution in [0.15, 0.2) is 30.3 Å². The molecule has 1 atom stereocenters. The third-order valence-corrected chi connectivity index (χ3v) is 3.97. The van der Waals surface area contributed by atoms with Gasteiger partial charge in [0.15, 0.2) is 0 Å². The maximum atomic E-state index is 11.7. The van der Waals surface area contributed by atoms with E-state index in [1.54, 1.807) is 6.92 Å². The molecule has 1 aliphatic heterocycles. The predicted octanol–water partition coefficient (Wildman–Crippen LogP) is 1.49. The maximum Gasteiger partial charge on any atom is 0.314 e. The van der Waals surface area contributed by atoms with Crippen molar-refractivity contribution in [2.45, 2.75) is 31.3 Å². The first kappa shape index (κ1) is 14.0. The Hall–Kier alpha value is -1.39. The molecule has 1 aromatic rings. The fourth-order valence-electron chi connectivity index (χ4n) is 2.87. The van der Waals surface area contributed by atoms with E-state index in [2.05, 4.69) is 4.90 Å². The van der Waals surface area contributed by atoms with E-state index >= 15 is 0 Å². The van der Waals surface area contributed by atoms with Crippen LogP contribution >= 0.6 is 0 Å². The Morgan fingerprint density at radius 1 is 1.32 bits per heavy atom. The minimum atomic E-state index is -0.767. The largest absolute Gasteiger partial charge is 0.481 e. The van der Waals surface area contributed by atoms with Crippen LogP contribution in [0.4, 0.5) is 0 Å². The molecule has 4 heteroatoms. The fourth-order valence-corrected chi connectivity index (χ4v) is 2.87. The van der Waals surface area contributed by atoms with E-state index in [1.807, 2.05) is 30.3 Å². The number of rotatable bonds is 4. The molecule has 1 aromatic carbocycles.